The SMILES string of the molecule is CCCC(C)(C)C=CC(=O)OC. The van der Waals surface area contributed by atoms with E-state index in [1.54, 1.807) is 0 Å². The second-order valence-corrected chi connectivity index (χ2v) is 3.60. The molecule has 0 saturated carbocycles. The third-order valence-corrected chi connectivity index (χ3v) is 1.77. The zero-order valence-corrected chi connectivity index (χ0v) is 8.39. The Morgan fingerprint density at radius 2 is 2.08 bits per heavy atom. The second kappa shape index (κ2) is 4.96. The van der Waals surface area contributed by atoms with Gasteiger partial charge in [-0.3, -0.25) is 0 Å². The van der Waals surface area contributed by atoms with E-state index in [1.807, 2.05) is 6.08 Å². The summed E-state index contributed by atoms with van der Waals surface area (Å²) in [5.41, 5.74) is 0.100. The number of hydrogen-bond acceptors (Lipinski definition) is 2. The first-order valence-electron chi connectivity index (χ1n) is 4.29. The molecule has 0 spiro atoms. The highest BCUT2D eigenvalue weighted by atomic mass is 16.5. The summed E-state index contributed by atoms with van der Waals surface area (Å²) >= 11 is 0. The standard InChI is InChI=1S/C10H18O2/c1-5-7-10(2,3)8-6-9(11)12-4/h6,8H,5,7H2,1-4H3. The van der Waals surface area contributed by atoms with Crippen molar-refractivity contribution in [3.8, 4) is 0 Å². The van der Waals surface area contributed by atoms with Crippen LogP contribution in [0.2, 0.25) is 0 Å². The highest BCUT2D eigenvalue weighted by Crippen LogP contribution is 2.23. The highest BCUT2D eigenvalue weighted by molar-refractivity contribution is 5.81. The molecule has 0 unspecified atom stereocenters. The molecular formula is C10H18O2. The van der Waals surface area contributed by atoms with E-state index in [9.17, 15) is 4.79 Å². The van der Waals surface area contributed by atoms with Gasteiger partial charge < -0.3 is 4.74 Å². The summed E-state index contributed by atoms with van der Waals surface area (Å²) in [6, 6.07) is 0. The van der Waals surface area contributed by atoms with Crippen molar-refractivity contribution >= 4 is 5.97 Å². The average molecular weight is 170 g/mol. The van der Waals surface area contributed by atoms with Gasteiger partial charge in [0, 0.05) is 6.08 Å². The Morgan fingerprint density at radius 1 is 1.50 bits per heavy atom. The quantitative estimate of drug-likeness (QED) is 0.478. The minimum atomic E-state index is -0.279. The fraction of sp³-hybridized carbons (Fsp3) is 0.700. The summed E-state index contributed by atoms with van der Waals surface area (Å²) in [5.74, 6) is -0.279. The van der Waals surface area contributed by atoms with Gasteiger partial charge in [-0.2, -0.15) is 0 Å². The minimum Gasteiger partial charge on any atom is -0.466 e. The fourth-order valence-electron chi connectivity index (χ4n) is 1.09. The molecule has 0 aromatic carbocycles. The minimum absolute atomic E-state index is 0.100. The summed E-state index contributed by atoms with van der Waals surface area (Å²) < 4.78 is 4.50. The van der Waals surface area contributed by atoms with Crippen molar-refractivity contribution in [1.82, 2.24) is 0 Å². The molecule has 2 nitrogen and oxygen atoms in total. The van der Waals surface area contributed by atoms with Crippen LogP contribution in [0.1, 0.15) is 33.6 Å². The van der Waals surface area contributed by atoms with Crippen molar-refractivity contribution in [2.24, 2.45) is 5.41 Å². The van der Waals surface area contributed by atoms with Crippen molar-refractivity contribution < 1.29 is 9.53 Å². The van der Waals surface area contributed by atoms with Crippen LogP contribution < -0.4 is 0 Å². The maximum atomic E-state index is 10.8. The van der Waals surface area contributed by atoms with E-state index in [-0.39, 0.29) is 11.4 Å². The molecule has 0 rings (SSSR count). The number of carbonyl (C=O) groups is 1. The summed E-state index contributed by atoms with van der Waals surface area (Å²) in [4.78, 5) is 10.8. The molecule has 0 aliphatic rings. The van der Waals surface area contributed by atoms with Crippen molar-refractivity contribution in [3.63, 3.8) is 0 Å². The zero-order valence-electron chi connectivity index (χ0n) is 8.39. The fourth-order valence-corrected chi connectivity index (χ4v) is 1.09. The van der Waals surface area contributed by atoms with E-state index in [4.69, 9.17) is 0 Å². The number of allylic oxidation sites excluding steroid dienone is 1. The van der Waals surface area contributed by atoms with Crippen LogP contribution in [0.15, 0.2) is 12.2 Å². The van der Waals surface area contributed by atoms with E-state index >= 15 is 0 Å². The molecule has 0 heterocycles. The Labute approximate surface area is 74.6 Å². The Morgan fingerprint density at radius 3 is 2.50 bits per heavy atom. The maximum Gasteiger partial charge on any atom is 0.330 e. The van der Waals surface area contributed by atoms with Gasteiger partial charge in [-0.1, -0.05) is 33.3 Å². The predicted octanol–water partition coefficient (Wildman–Crippen LogP) is 2.54. The van der Waals surface area contributed by atoms with Crippen LogP contribution in [0.4, 0.5) is 0 Å². The summed E-state index contributed by atoms with van der Waals surface area (Å²) in [7, 11) is 1.39. The lowest BCUT2D eigenvalue weighted by Crippen LogP contribution is -2.07. The van der Waals surface area contributed by atoms with E-state index in [0.717, 1.165) is 12.8 Å². The topological polar surface area (TPSA) is 26.3 Å². The lowest BCUT2D eigenvalue weighted by molar-refractivity contribution is -0.134. The molecule has 0 atom stereocenters. The molecule has 70 valence electrons. The number of esters is 1. The average Bonchev–Trinajstić information content (AvgIpc) is 2.00. The van der Waals surface area contributed by atoms with Crippen LogP contribution in [-0.4, -0.2) is 13.1 Å². The van der Waals surface area contributed by atoms with Gasteiger partial charge >= 0.3 is 5.97 Å². The molecule has 2 heteroatoms. The number of hydrogen-bond donors (Lipinski definition) is 0. The van der Waals surface area contributed by atoms with Crippen molar-refractivity contribution in [1.29, 1.82) is 0 Å². The Kier molecular flexibility index (Phi) is 4.64. The van der Waals surface area contributed by atoms with Crippen molar-refractivity contribution in [3.05, 3.63) is 12.2 Å². The lowest BCUT2D eigenvalue weighted by atomic mass is 9.88. The zero-order chi connectivity index (χ0) is 9.61. The number of carbonyl (C=O) groups excluding carboxylic acids is 1. The largest absolute Gasteiger partial charge is 0.466 e. The first-order chi connectivity index (χ1) is 5.52. The van der Waals surface area contributed by atoms with Gasteiger partial charge in [0.2, 0.25) is 0 Å². The molecule has 0 radical (unpaired) electrons. The van der Waals surface area contributed by atoms with Crippen LogP contribution in [0.25, 0.3) is 0 Å². The normalized spacial score (nSPS) is 12.0. The Bertz CT molecular complexity index is 169. The van der Waals surface area contributed by atoms with Crippen LogP contribution in [-0.2, 0) is 9.53 Å². The smallest absolute Gasteiger partial charge is 0.330 e. The molecule has 0 aromatic rings. The molecule has 0 aliphatic carbocycles. The third-order valence-electron chi connectivity index (χ3n) is 1.77. The Hall–Kier alpha value is -0.790. The summed E-state index contributed by atoms with van der Waals surface area (Å²) in [6.45, 7) is 6.35. The Balaban J connectivity index is 4.03. The van der Waals surface area contributed by atoms with Crippen LogP contribution in [0.5, 0.6) is 0 Å². The van der Waals surface area contributed by atoms with Crippen LogP contribution in [0, 0.1) is 5.41 Å². The molecule has 0 saturated heterocycles. The van der Waals surface area contributed by atoms with E-state index < -0.39 is 0 Å². The van der Waals surface area contributed by atoms with E-state index in [2.05, 4.69) is 25.5 Å². The van der Waals surface area contributed by atoms with Gasteiger partial charge in [0.15, 0.2) is 0 Å². The third kappa shape index (κ3) is 4.94. The first-order valence-corrected chi connectivity index (χ1v) is 4.29. The number of ether oxygens (including phenoxy) is 1. The molecular weight excluding hydrogens is 152 g/mol. The monoisotopic (exact) mass is 170 g/mol. The van der Waals surface area contributed by atoms with Crippen molar-refractivity contribution in [2.75, 3.05) is 7.11 Å². The molecule has 0 aliphatic heterocycles. The summed E-state index contributed by atoms with van der Waals surface area (Å²) in [6.07, 6.45) is 5.61. The molecule has 12 heavy (non-hydrogen) atoms. The van der Waals surface area contributed by atoms with Gasteiger partial charge in [0.25, 0.3) is 0 Å². The molecule has 0 fully saturated rings. The van der Waals surface area contributed by atoms with Gasteiger partial charge in [0.05, 0.1) is 7.11 Å². The molecule has 0 bridgehead atoms. The van der Waals surface area contributed by atoms with Crippen LogP contribution in [0.3, 0.4) is 0 Å². The van der Waals surface area contributed by atoms with Gasteiger partial charge in [0.1, 0.15) is 0 Å². The molecule has 0 amide bonds. The highest BCUT2D eigenvalue weighted by Gasteiger charge is 2.12. The summed E-state index contributed by atoms with van der Waals surface area (Å²) in [5, 5.41) is 0. The molecule has 0 N–H and O–H groups in total. The van der Waals surface area contributed by atoms with E-state index in [0.29, 0.717) is 0 Å². The van der Waals surface area contributed by atoms with Gasteiger partial charge in [-0.05, 0) is 11.8 Å². The number of methoxy groups -OCH3 is 1. The second-order valence-electron chi connectivity index (χ2n) is 3.60. The number of rotatable bonds is 4. The predicted molar refractivity (Wildman–Crippen MR) is 49.8 cm³/mol. The van der Waals surface area contributed by atoms with Gasteiger partial charge in [-0.25, -0.2) is 4.79 Å². The van der Waals surface area contributed by atoms with E-state index in [1.165, 1.54) is 13.2 Å². The lowest BCUT2D eigenvalue weighted by Gasteiger charge is -2.18. The maximum absolute atomic E-state index is 10.8. The van der Waals surface area contributed by atoms with Crippen molar-refractivity contribution in [2.45, 2.75) is 33.6 Å². The van der Waals surface area contributed by atoms with Crippen LogP contribution >= 0.6 is 0 Å². The molecule has 0 aromatic heterocycles. The van der Waals surface area contributed by atoms with Gasteiger partial charge in [-0.15, -0.1) is 0 Å². The first kappa shape index (κ1) is 11.2.